The molecular formula is C18H16FN3OS. The minimum Gasteiger partial charge on any atom is -0.336 e. The number of nitrogens with zero attached hydrogens (tertiary/aromatic N) is 2. The molecule has 0 spiro atoms. The van der Waals surface area contributed by atoms with Gasteiger partial charge in [0.1, 0.15) is 11.5 Å². The van der Waals surface area contributed by atoms with Crippen LogP contribution < -0.4 is 0 Å². The third-order valence-electron chi connectivity index (χ3n) is 3.67. The van der Waals surface area contributed by atoms with Crippen molar-refractivity contribution in [2.45, 2.75) is 6.54 Å². The number of halogens is 1. The SMILES string of the molecule is CN(Cc1cccc(F)c1)C(=O)c1c[nH]c(=S)n1-c1ccccc1. The van der Waals surface area contributed by atoms with Crippen LogP contribution >= 0.6 is 12.2 Å². The van der Waals surface area contributed by atoms with E-state index in [0.29, 0.717) is 17.0 Å². The number of H-pyrrole nitrogens is 1. The molecular weight excluding hydrogens is 325 g/mol. The minimum atomic E-state index is -0.317. The molecule has 2 aromatic carbocycles. The summed E-state index contributed by atoms with van der Waals surface area (Å²) in [6.07, 6.45) is 1.60. The van der Waals surface area contributed by atoms with Crippen LogP contribution in [0.1, 0.15) is 16.1 Å². The zero-order chi connectivity index (χ0) is 17.1. The molecule has 6 heteroatoms. The number of carbonyl (C=O) groups is 1. The number of nitrogens with one attached hydrogen (secondary N) is 1. The van der Waals surface area contributed by atoms with Crippen LogP contribution in [0.4, 0.5) is 4.39 Å². The molecule has 0 bridgehead atoms. The van der Waals surface area contributed by atoms with Gasteiger partial charge in [-0.1, -0.05) is 30.3 Å². The van der Waals surface area contributed by atoms with E-state index in [-0.39, 0.29) is 11.7 Å². The average Bonchev–Trinajstić information content (AvgIpc) is 2.96. The number of carbonyl (C=O) groups excluding carboxylic acids is 1. The van der Waals surface area contributed by atoms with Gasteiger partial charge in [0, 0.05) is 25.5 Å². The predicted molar refractivity (Wildman–Crippen MR) is 93.2 cm³/mol. The first-order valence-electron chi connectivity index (χ1n) is 7.42. The highest BCUT2D eigenvalue weighted by atomic mass is 32.1. The molecule has 1 aromatic heterocycles. The number of hydrogen-bond acceptors (Lipinski definition) is 2. The Bertz CT molecular complexity index is 917. The van der Waals surface area contributed by atoms with Gasteiger partial charge in [-0.05, 0) is 42.0 Å². The number of rotatable bonds is 4. The zero-order valence-electron chi connectivity index (χ0n) is 13.1. The summed E-state index contributed by atoms with van der Waals surface area (Å²) in [5.74, 6) is -0.516. The summed E-state index contributed by atoms with van der Waals surface area (Å²) in [6, 6.07) is 15.6. The van der Waals surface area contributed by atoms with Crippen LogP contribution in [0.25, 0.3) is 5.69 Å². The van der Waals surface area contributed by atoms with Gasteiger partial charge in [0.2, 0.25) is 0 Å². The predicted octanol–water partition coefficient (Wildman–Crippen LogP) is 3.95. The Morgan fingerprint density at radius 3 is 2.67 bits per heavy atom. The van der Waals surface area contributed by atoms with E-state index < -0.39 is 0 Å². The maximum atomic E-state index is 13.3. The zero-order valence-corrected chi connectivity index (χ0v) is 13.9. The summed E-state index contributed by atoms with van der Waals surface area (Å²) in [7, 11) is 1.68. The monoisotopic (exact) mass is 341 g/mol. The van der Waals surface area contributed by atoms with Crippen molar-refractivity contribution < 1.29 is 9.18 Å². The molecule has 0 fully saturated rings. The van der Waals surface area contributed by atoms with Crippen molar-refractivity contribution in [2.24, 2.45) is 0 Å². The van der Waals surface area contributed by atoms with Crippen LogP contribution in [0.2, 0.25) is 0 Å². The summed E-state index contributed by atoms with van der Waals surface area (Å²) in [5.41, 5.74) is 1.97. The van der Waals surface area contributed by atoms with E-state index in [2.05, 4.69) is 4.98 Å². The van der Waals surface area contributed by atoms with Gasteiger partial charge in [0.05, 0.1) is 0 Å². The van der Waals surface area contributed by atoms with Gasteiger partial charge in [0.15, 0.2) is 4.77 Å². The standard InChI is InChI=1S/C18H16FN3OS/c1-21(12-13-6-5-7-14(19)10-13)17(23)16-11-20-18(24)22(16)15-8-3-2-4-9-15/h2-11H,12H2,1H3,(H,20,24). The van der Waals surface area contributed by atoms with Crippen molar-refractivity contribution in [3.05, 3.63) is 82.6 Å². The Morgan fingerprint density at radius 2 is 1.96 bits per heavy atom. The van der Waals surface area contributed by atoms with Crippen molar-refractivity contribution in [1.82, 2.24) is 14.5 Å². The van der Waals surface area contributed by atoms with Crippen molar-refractivity contribution in [3.63, 3.8) is 0 Å². The van der Waals surface area contributed by atoms with Crippen LogP contribution in [0.5, 0.6) is 0 Å². The summed E-state index contributed by atoms with van der Waals surface area (Å²) in [6.45, 7) is 0.309. The number of aromatic amines is 1. The normalized spacial score (nSPS) is 10.6. The number of imidazole rings is 1. The van der Waals surface area contributed by atoms with Crippen molar-refractivity contribution in [1.29, 1.82) is 0 Å². The maximum absolute atomic E-state index is 13.3. The Kier molecular flexibility index (Phi) is 4.57. The highest BCUT2D eigenvalue weighted by Crippen LogP contribution is 2.15. The fraction of sp³-hybridized carbons (Fsp3) is 0.111. The van der Waals surface area contributed by atoms with E-state index >= 15 is 0 Å². The lowest BCUT2D eigenvalue weighted by molar-refractivity contribution is 0.0777. The Morgan fingerprint density at radius 1 is 1.21 bits per heavy atom. The first kappa shape index (κ1) is 16.1. The lowest BCUT2D eigenvalue weighted by Gasteiger charge is -2.18. The first-order valence-corrected chi connectivity index (χ1v) is 7.83. The van der Waals surface area contributed by atoms with Gasteiger partial charge in [-0.25, -0.2) is 4.39 Å². The Labute approximate surface area is 144 Å². The first-order chi connectivity index (χ1) is 11.6. The number of benzene rings is 2. The summed E-state index contributed by atoms with van der Waals surface area (Å²) >= 11 is 5.29. The second-order valence-electron chi connectivity index (χ2n) is 5.44. The van der Waals surface area contributed by atoms with Crippen LogP contribution in [0.3, 0.4) is 0 Å². The number of hydrogen-bond donors (Lipinski definition) is 1. The fourth-order valence-corrected chi connectivity index (χ4v) is 2.80. The van der Waals surface area contributed by atoms with Crippen LogP contribution in [0.15, 0.2) is 60.8 Å². The maximum Gasteiger partial charge on any atom is 0.272 e. The van der Waals surface area contributed by atoms with Gasteiger partial charge in [-0.15, -0.1) is 0 Å². The number of amides is 1. The van der Waals surface area contributed by atoms with Gasteiger partial charge >= 0.3 is 0 Å². The number of aromatic nitrogens is 2. The molecule has 0 aliphatic rings. The topological polar surface area (TPSA) is 41.0 Å². The van der Waals surface area contributed by atoms with Crippen LogP contribution in [0, 0.1) is 10.6 Å². The third kappa shape index (κ3) is 3.28. The fourth-order valence-electron chi connectivity index (χ4n) is 2.54. The largest absolute Gasteiger partial charge is 0.336 e. The van der Waals surface area contributed by atoms with Crippen LogP contribution in [-0.2, 0) is 6.54 Å². The lowest BCUT2D eigenvalue weighted by Crippen LogP contribution is -2.28. The second-order valence-corrected chi connectivity index (χ2v) is 5.83. The summed E-state index contributed by atoms with van der Waals surface area (Å²) < 4.78 is 15.4. The van der Waals surface area contributed by atoms with E-state index in [1.807, 2.05) is 30.3 Å². The summed E-state index contributed by atoms with van der Waals surface area (Å²) in [4.78, 5) is 17.2. The molecule has 1 amide bonds. The smallest absolute Gasteiger partial charge is 0.272 e. The highest BCUT2D eigenvalue weighted by molar-refractivity contribution is 7.71. The molecule has 122 valence electrons. The van der Waals surface area contributed by atoms with Gasteiger partial charge in [-0.2, -0.15) is 0 Å². The van der Waals surface area contributed by atoms with E-state index in [1.165, 1.54) is 17.0 Å². The van der Waals surface area contributed by atoms with E-state index in [0.717, 1.165) is 11.3 Å². The molecule has 0 aliphatic heterocycles. The molecule has 0 aliphatic carbocycles. The second kappa shape index (κ2) is 6.80. The molecule has 0 saturated heterocycles. The number of para-hydroxylation sites is 1. The van der Waals surface area contributed by atoms with Crippen molar-refractivity contribution in [2.75, 3.05) is 7.05 Å². The lowest BCUT2D eigenvalue weighted by atomic mass is 10.2. The molecule has 0 atom stereocenters. The van der Waals surface area contributed by atoms with Crippen molar-refractivity contribution in [3.8, 4) is 5.69 Å². The quantitative estimate of drug-likeness (QED) is 0.730. The van der Waals surface area contributed by atoms with Crippen molar-refractivity contribution >= 4 is 18.1 Å². The van der Waals surface area contributed by atoms with Gasteiger partial charge < -0.3 is 9.88 Å². The minimum absolute atomic E-state index is 0.199. The molecule has 24 heavy (non-hydrogen) atoms. The Hall–Kier alpha value is -2.73. The molecule has 1 heterocycles. The van der Waals surface area contributed by atoms with Crippen LogP contribution in [-0.4, -0.2) is 27.4 Å². The molecule has 4 nitrogen and oxygen atoms in total. The van der Waals surface area contributed by atoms with E-state index in [1.54, 1.807) is 29.9 Å². The van der Waals surface area contributed by atoms with E-state index in [4.69, 9.17) is 12.2 Å². The third-order valence-corrected chi connectivity index (χ3v) is 3.97. The van der Waals surface area contributed by atoms with Gasteiger partial charge in [0.25, 0.3) is 5.91 Å². The average molecular weight is 341 g/mol. The molecule has 0 unspecified atom stereocenters. The van der Waals surface area contributed by atoms with E-state index in [9.17, 15) is 9.18 Å². The molecule has 1 N–H and O–H groups in total. The highest BCUT2D eigenvalue weighted by Gasteiger charge is 2.18. The summed E-state index contributed by atoms with van der Waals surface area (Å²) in [5, 5.41) is 0. The molecule has 0 radical (unpaired) electrons. The molecule has 3 aromatic rings. The Balaban J connectivity index is 1.89. The van der Waals surface area contributed by atoms with Gasteiger partial charge in [-0.3, -0.25) is 9.36 Å². The molecule has 0 saturated carbocycles. The molecule has 3 rings (SSSR count).